The average Bonchev–Trinajstić information content (AvgIpc) is 2.51. The largest absolute Gasteiger partial charge is 0.393 e. The van der Waals surface area contributed by atoms with Crippen LogP contribution in [-0.2, 0) is 0 Å². The van der Waals surface area contributed by atoms with E-state index in [-0.39, 0.29) is 6.10 Å². The van der Waals surface area contributed by atoms with E-state index in [4.69, 9.17) is 0 Å². The molecule has 0 aromatic heterocycles. The quantitative estimate of drug-likeness (QED) is 0.408. The van der Waals surface area contributed by atoms with E-state index in [9.17, 15) is 5.11 Å². The van der Waals surface area contributed by atoms with Crippen molar-refractivity contribution in [2.75, 3.05) is 0 Å². The predicted molar refractivity (Wildman–Crippen MR) is 93.6 cm³/mol. The number of aliphatic hydroxyl groups is 1. The first-order valence-corrected chi connectivity index (χ1v) is 9.96. The summed E-state index contributed by atoms with van der Waals surface area (Å²) in [4.78, 5) is 0. The van der Waals surface area contributed by atoms with E-state index in [0.717, 1.165) is 12.3 Å². The molecule has 0 amide bonds. The lowest BCUT2D eigenvalue weighted by molar-refractivity contribution is 0.0417. The Labute approximate surface area is 133 Å². The maximum atomic E-state index is 10.1. The van der Waals surface area contributed by atoms with Gasteiger partial charge >= 0.3 is 0 Å². The van der Waals surface area contributed by atoms with Gasteiger partial charge in [0.15, 0.2) is 0 Å². The minimum Gasteiger partial charge on any atom is -0.393 e. The van der Waals surface area contributed by atoms with Gasteiger partial charge in [0.25, 0.3) is 0 Å². The summed E-state index contributed by atoms with van der Waals surface area (Å²) in [6.07, 6.45) is 20.3. The molecular weight excluding hydrogens is 256 g/mol. The van der Waals surface area contributed by atoms with Crippen LogP contribution in [0.2, 0.25) is 0 Å². The molecular formula is C20H40O. The van der Waals surface area contributed by atoms with Gasteiger partial charge in [-0.15, -0.1) is 0 Å². The van der Waals surface area contributed by atoms with Gasteiger partial charge in [0.2, 0.25) is 0 Å². The molecule has 1 saturated carbocycles. The van der Waals surface area contributed by atoms with Crippen molar-refractivity contribution in [3.63, 3.8) is 0 Å². The third-order valence-electron chi connectivity index (χ3n) is 5.56. The highest BCUT2D eigenvalue weighted by molar-refractivity contribution is 4.79. The first-order valence-electron chi connectivity index (χ1n) is 9.96. The maximum absolute atomic E-state index is 10.1. The van der Waals surface area contributed by atoms with Gasteiger partial charge in [-0.3, -0.25) is 0 Å². The summed E-state index contributed by atoms with van der Waals surface area (Å²) in [6, 6.07) is 0. The molecule has 0 radical (unpaired) electrons. The molecule has 1 fully saturated rings. The Morgan fingerprint density at radius 1 is 0.762 bits per heavy atom. The van der Waals surface area contributed by atoms with Gasteiger partial charge < -0.3 is 5.11 Å². The minimum atomic E-state index is 0.00589. The summed E-state index contributed by atoms with van der Waals surface area (Å²) in [6.45, 7) is 4.59. The molecule has 0 aromatic rings. The molecule has 3 unspecified atom stereocenters. The number of rotatable bonds is 12. The predicted octanol–water partition coefficient (Wildman–Crippen LogP) is 6.48. The molecule has 21 heavy (non-hydrogen) atoms. The molecule has 126 valence electrons. The molecule has 0 aromatic carbocycles. The summed E-state index contributed by atoms with van der Waals surface area (Å²) in [7, 11) is 0. The van der Waals surface area contributed by atoms with Crippen LogP contribution in [0.25, 0.3) is 0 Å². The summed E-state index contributed by atoms with van der Waals surface area (Å²) < 4.78 is 0. The van der Waals surface area contributed by atoms with E-state index in [2.05, 4.69) is 13.8 Å². The van der Waals surface area contributed by atoms with Crippen LogP contribution in [0.15, 0.2) is 0 Å². The van der Waals surface area contributed by atoms with Crippen LogP contribution in [0.4, 0.5) is 0 Å². The Balaban J connectivity index is 1.91. The second-order valence-electron chi connectivity index (χ2n) is 7.39. The van der Waals surface area contributed by atoms with Crippen molar-refractivity contribution in [3.8, 4) is 0 Å². The lowest BCUT2D eigenvalue weighted by atomic mass is 9.76. The van der Waals surface area contributed by atoms with Crippen molar-refractivity contribution >= 4 is 0 Å². The first kappa shape index (κ1) is 19.0. The summed E-state index contributed by atoms with van der Waals surface area (Å²) in [5.41, 5.74) is 0. The van der Waals surface area contributed by atoms with E-state index in [1.807, 2.05) is 0 Å². The van der Waals surface area contributed by atoms with Gasteiger partial charge in [-0.25, -0.2) is 0 Å². The van der Waals surface area contributed by atoms with Crippen molar-refractivity contribution < 1.29 is 5.11 Å². The number of aliphatic hydroxyl groups excluding tert-OH is 1. The summed E-state index contributed by atoms with van der Waals surface area (Å²) >= 11 is 0. The molecule has 1 heteroatoms. The van der Waals surface area contributed by atoms with Gasteiger partial charge in [-0.1, -0.05) is 84.5 Å². The highest BCUT2D eigenvalue weighted by Crippen LogP contribution is 2.34. The van der Waals surface area contributed by atoms with Crippen molar-refractivity contribution in [2.24, 2.45) is 11.8 Å². The fourth-order valence-corrected chi connectivity index (χ4v) is 3.92. The standard InChI is InChI=1S/C20H40O/c1-3-5-6-7-8-9-10-11-12-13-14-19-17-18(4-2)15-16-20(19)21/h18-21H,3-17H2,1-2H3. The van der Waals surface area contributed by atoms with E-state index in [1.54, 1.807) is 0 Å². The topological polar surface area (TPSA) is 20.2 Å². The van der Waals surface area contributed by atoms with E-state index in [1.165, 1.54) is 89.9 Å². The average molecular weight is 297 g/mol. The maximum Gasteiger partial charge on any atom is 0.0568 e. The molecule has 0 aliphatic heterocycles. The van der Waals surface area contributed by atoms with E-state index < -0.39 is 0 Å². The van der Waals surface area contributed by atoms with Crippen molar-refractivity contribution in [2.45, 2.75) is 116 Å². The molecule has 1 aliphatic rings. The lowest BCUT2D eigenvalue weighted by Crippen LogP contribution is -2.28. The van der Waals surface area contributed by atoms with Crippen LogP contribution < -0.4 is 0 Å². The lowest BCUT2D eigenvalue weighted by Gasteiger charge is -2.33. The molecule has 1 rings (SSSR count). The molecule has 0 saturated heterocycles. The van der Waals surface area contributed by atoms with Crippen LogP contribution in [0.5, 0.6) is 0 Å². The summed E-state index contributed by atoms with van der Waals surface area (Å²) in [5, 5.41) is 10.1. The van der Waals surface area contributed by atoms with Crippen molar-refractivity contribution in [1.82, 2.24) is 0 Å². The molecule has 0 spiro atoms. The van der Waals surface area contributed by atoms with Crippen LogP contribution in [0.3, 0.4) is 0 Å². The van der Waals surface area contributed by atoms with Crippen molar-refractivity contribution in [1.29, 1.82) is 0 Å². The fraction of sp³-hybridized carbons (Fsp3) is 1.00. The van der Waals surface area contributed by atoms with Gasteiger partial charge in [0, 0.05) is 0 Å². The minimum absolute atomic E-state index is 0.00589. The molecule has 1 aliphatic carbocycles. The fourth-order valence-electron chi connectivity index (χ4n) is 3.92. The van der Waals surface area contributed by atoms with Gasteiger partial charge in [-0.2, -0.15) is 0 Å². The second-order valence-corrected chi connectivity index (χ2v) is 7.39. The normalized spacial score (nSPS) is 26.1. The smallest absolute Gasteiger partial charge is 0.0568 e. The monoisotopic (exact) mass is 296 g/mol. The Morgan fingerprint density at radius 2 is 1.33 bits per heavy atom. The Morgan fingerprint density at radius 3 is 1.90 bits per heavy atom. The van der Waals surface area contributed by atoms with Gasteiger partial charge in [0.05, 0.1) is 6.10 Å². The van der Waals surface area contributed by atoms with Crippen molar-refractivity contribution in [3.05, 3.63) is 0 Å². The zero-order valence-electron chi connectivity index (χ0n) is 14.8. The van der Waals surface area contributed by atoms with Gasteiger partial charge in [-0.05, 0) is 37.5 Å². The zero-order valence-corrected chi connectivity index (χ0v) is 14.8. The van der Waals surface area contributed by atoms with E-state index >= 15 is 0 Å². The number of hydrogen-bond donors (Lipinski definition) is 1. The Hall–Kier alpha value is -0.0400. The van der Waals surface area contributed by atoms with Crippen LogP contribution >= 0.6 is 0 Å². The molecule has 1 N–H and O–H groups in total. The Bertz CT molecular complexity index is 226. The van der Waals surface area contributed by atoms with Crippen LogP contribution in [0, 0.1) is 11.8 Å². The third-order valence-corrected chi connectivity index (χ3v) is 5.56. The molecule has 0 heterocycles. The van der Waals surface area contributed by atoms with Crippen LogP contribution in [-0.4, -0.2) is 11.2 Å². The Kier molecular flexibility index (Phi) is 11.3. The molecule has 1 nitrogen and oxygen atoms in total. The van der Waals surface area contributed by atoms with Gasteiger partial charge in [0.1, 0.15) is 0 Å². The SMILES string of the molecule is CCCCCCCCCCCCC1CC(CC)CCC1O. The zero-order chi connectivity index (χ0) is 15.3. The molecule has 0 bridgehead atoms. The van der Waals surface area contributed by atoms with E-state index in [0.29, 0.717) is 5.92 Å². The third kappa shape index (κ3) is 8.86. The number of hydrogen-bond acceptors (Lipinski definition) is 1. The summed E-state index contributed by atoms with van der Waals surface area (Å²) in [5.74, 6) is 1.50. The highest BCUT2D eigenvalue weighted by atomic mass is 16.3. The van der Waals surface area contributed by atoms with Crippen LogP contribution in [0.1, 0.15) is 110 Å². The first-order chi connectivity index (χ1) is 10.3. The second kappa shape index (κ2) is 12.5. The molecule has 3 atom stereocenters. The number of unbranched alkanes of at least 4 members (excludes halogenated alkanes) is 9. The highest BCUT2D eigenvalue weighted by Gasteiger charge is 2.27.